The Bertz CT molecular complexity index is 861. The minimum absolute atomic E-state index is 0.333. The first-order chi connectivity index (χ1) is 10.9. The summed E-state index contributed by atoms with van der Waals surface area (Å²) in [6.45, 7) is 4.03. The Labute approximate surface area is 144 Å². The maximum atomic E-state index is 11.0. The lowest BCUT2D eigenvalue weighted by atomic mass is 10.1. The third-order valence-electron chi connectivity index (χ3n) is 3.13. The van der Waals surface area contributed by atoms with Crippen LogP contribution in [0, 0.1) is 13.8 Å². The van der Waals surface area contributed by atoms with Crippen LogP contribution in [-0.2, 0) is 10.0 Å². The Hall–Kier alpha value is -2.29. The quantitative estimate of drug-likeness (QED) is 0.595. The van der Waals surface area contributed by atoms with E-state index in [-0.39, 0.29) is 5.02 Å². The highest BCUT2D eigenvalue weighted by atomic mass is 35.5. The number of aromatic hydroxyl groups is 1. The molecule has 0 aliphatic rings. The number of carbonyl (C=O) groups is 1. The van der Waals surface area contributed by atoms with Crippen LogP contribution in [0.1, 0.15) is 21.5 Å². The van der Waals surface area contributed by atoms with Crippen molar-refractivity contribution in [2.24, 2.45) is 5.14 Å². The Morgan fingerprint density at radius 1 is 1.17 bits per heavy atom. The molecule has 0 amide bonds. The molecule has 0 heterocycles. The van der Waals surface area contributed by atoms with Gasteiger partial charge < -0.3 is 15.9 Å². The number of sulfonamides is 1. The van der Waals surface area contributed by atoms with E-state index in [9.17, 15) is 13.2 Å². The lowest BCUT2D eigenvalue weighted by Crippen LogP contribution is -2.13. The summed E-state index contributed by atoms with van der Waals surface area (Å²) < 4.78 is 21.9. The number of rotatable bonds is 2. The van der Waals surface area contributed by atoms with Gasteiger partial charge in [-0.3, -0.25) is 0 Å². The van der Waals surface area contributed by atoms with Crippen LogP contribution >= 0.6 is 11.6 Å². The van der Waals surface area contributed by atoms with E-state index in [1.807, 2.05) is 32.0 Å². The van der Waals surface area contributed by atoms with Crippen molar-refractivity contribution < 1.29 is 23.4 Å². The van der Waals surface area contributed by atoms with Crippen molar-refractivity contribution in [1.29, 1.82) is 0 Å². The molecule has 24 heavy (non-hydrogen) atoms. The zero-order chi connectivity index (χ0) is 18.7. The minimum Gasteiger partial charge on any atom is -0.507 e. The summed E-state index contributed by atoms with van der Waals surface area (Å²) in [6, 6.07) is 7.56. The number of primary sulfonamides is 1. The molecular weight excluding hydrogens is 356 g/mol. The van der Waals surface area contributed by atoms with E-state index >= 15 is 0 Å². The first kappa shape index (κ1) is 19.8. The Kier molecular flexibility index (Phi) is 6.19. The second kappa shape index (κ2) is 7.52. The van der Waals surface area contributed by atoms with Gasteiger partial charge >= 0.3 is 5.97 Å². The summed E-state index contributed by atoms with van der Waals surface area (Å²) in [4.78, 5) is 10.0. The highest BCUT2D eigenvalue weighted by Gasteiger charge is 2.19. The molecular formula is C15H17ClN2O5S. The summed E-state index contributed by atoms with van der Waals surface area (Å²) >= 11 is 5.48. The molecule has 2 aromatic rings. The van der Waals surface area contributed by atoms with Crippen molar-refractivity contribution >= 4 is 33.3 Å². The summed E-state index contributed by atoms with van der Waals surface area (Å²) in [5.41, 5.74) is 8.34. The van der Waals surface area contributed by atoms with E-state index in [1.54, 1.807) is 0 Å². The molecule has 0 aromatic heterocycles. The van der Waals surface area contributed by atoms with Crippen LogP contribution in [0.15, 0.2) is 35.2 Å². The summed E-state index contributed by atoms with van der Waals surface area (Å²) in [5, 5.41) is 22.2. The smallest absolute Gasteiger partial charge is 0.339 e. The molecule has 0 fully saturated rings. The number of nitrogens with two attached hydrogens (primary N) is 2. The number of para-hydroxylation sites is 1. The predicted octanol–water partition coefficient (Wildman–Crippen LogP) is 2.28. The van der Waals surface area contributed by atoms with E-state index in [2.05, 4.69) is 0 Å². The summed E-state index contributed by atoms with van der Waals surface area (Å²) in [7, 11) is -4.11. The van der Waals surface area contributed by atoms with E-state index in [4.69, 9.17) is 32.7 Å². The fourth-order valence-electron chi connectivity index (χ4n) is 1.76. The third-order valence-corrected chi connectivity index (χ3v) is 4.50. The van der Waals surface area contributed by atoms with Gasteiger partial charge in [-0.2, -0.15) is 0 Å². The Balaban J connectivity index is 0.000000272. The monoisotopic (exact) mass is 372 g/mol. The van der Waals surface area contributed by atoms with Gasteiger partial charge in [0.15, 0.2) is 0 Å². The van der Waals surface area contributed by atoms with E-state index in [0.717, 1.165) is 22.9 Å². The number of hydrogen-bond donors (Lipinski definition) is 4. The standard InChI is InChI=1S/C8H11N.C7H6ClNO5S/c1-6-4-3-5-7(2)8(6)9;8-4-2-5(10)3(7(11)12)1-6(4)15(9,13)14/h3-5H,9H2,1-2H3;1-2,10H,(H,11,12)(H2,9,13,14). The molecule has 0 radical (unpaired) electrons. The maximum Gasteiger partial charge on any atom is 0.339 e. The summed E-state index contributed by atoms with van der Waals surface area (Å²) in [6.07, 6.45) is 0. The van der Waals surface area contributed by atoms with Crippen molar-refractivity contribution in [3.8, 4) is 5.75 Å². The highest BCUT2D eigenvalue weighted by molar-refractivity contribution is 7.89. The number of halogens is 1. The molecule has 0 bridgehead atoms. The number of nitrogen functional groups attached to an aromatic ring is 1. The number of phenols is 1. The topological polar surface area (TPSA) is 144 Å². The Morgan fingerprint density at radius 3 is 2.04 bits per heavy atom. The maximum absolute atomic E-state index is 11.0. The zero-order valence-corrected chi connectivity index (χ0v) is 14.5. The SMILES string of the molecule is Cc1cccc(C)c1N.NS(=O)(=O)c1cc(C(=O)O)c(O)cc1Cl. The Morgan fingerprint density at radius 2 is 1.67 bits per heavy atom. The second-order valence-corrected chi connectivity index (χ2v) is 6.89. The molecule has 0 unspecified atom stereocenters. The number of carboxylic acids is 1. The molecule has 0 aliphatic heterocycles. The molecule has 0 spiro atoms. The minimum atomic E-state index is -4.11. The summed E-state index contributed by atoms with van der Waals surface area (Å²) in [5.74, 6) is -2.10. The van der Waals surface area contributed by atoms with Crippen LogP contribution in [-0.4, -0.2) is 24.6 Å². The largest absolute Gasteiger partial charge is 0.507 e. The number of anilines is 1. The molecule has 7 nitrogen and oxygen atoms in total. The van der Waals surface area contributed by atoms with Gasteiger partial charge in [-0.15, -0.1) is 0 Å². The van der Waals surface area contributed by atoms with Gasteiger partial charge in [0.2, 0.25) is 10.0 Å². The van der Waals surface area contributed by atoms with Crippen LogP contribution < -0.4 is 10.9 Å². The van der Waals surface area contributed by atoms with Crippen LogP contribution in [0.3, 0.4) is 0 Å². The lowest BCUT2D eigenvalue weighted by molar-refractivity contribution is 0.0693. The van der Waals surface area contributed by atoms with Crippen LogP contribution in [0.5, 0.6) is 5.75 Å². The normalized spacial score (nSPS) is 10.7. The molecule has 0 aliphatic carbocycles. The van der Waals surface area contributed by atoms with E-state index in [1.165, 1.54) is 0 Å². The molecule has 6 N–H and O–H groups in total. The number of benzene rings is 2. The number of aryl methyl sites for hydroxylation is 2. The molecule has 2 aromatic carbocycles. The van der Waals surface area contributed by atoms with Crippen molar-refractivity contribution in [1.82, 2.24) is 0 Å². The van der Waals surface area contributed by atoms with Gasteiger partial charge in [0.25, 0.3) is 0 Å². The first-order valence-corrected chi connectivity index (χ1v) is 8.48. The van der Waals surface area contributed by atoms with E-state index in [0.29, 0.717) is 6.07 Å². The average molecular weight is 373 g/mol. The van der Waals surface area contributed by atoms with Crippen molar-refractivity contribution in [3.05, 3.63) is 52.0 Å². The van der Waals surface area contributed by atoms with Gasteiger partial charge in [-0.1, -0.05) is 29.8 Å². The van der Waals surface area contributed by atoms with Crippen molar-refractivity contribution in [3.63, 3.8) is 0 Å². The number of hydrogen-bond acceptors (Lipinski definition) is 5. The van der Waals surface area contributed by atoms with Crippen LogP contribution in [0.25, 0.3) is 0 Å². The van der Waals surface area contributed by atoms with Crippen LogP contribution in [0.2, 0.25) is 5.02 Å². The van der Waals surface area contributed by atoms with Gasteiger partial charge in [0.1, 0.15) is 16.2 Å². The molecule has 0 saturated carbocycles. The average Bonchev–Trinajstić information content (AvgIpc) is 2.43. The highest BCUT2D eigenvalue weighted by Crippen LogP contribution is 2.28. The number of carboxylic acid groups (broad SMARTS) is 1. The van der Waals surface area contributed by atoms with Gasteiger partial charge in [-0.25, -0.2) is 18.4 Å². The van der Waals surface area contributed by atoms with Crippen molar-refractivity contribution in [2.75, 3.05) is 5.73 Å². The third kappa shape index (κ3) is 4.85. The fourth-order valence-corrected chi connectivity index (χ4v) is 2.85. The van der Waals surface area contributed by atoms with Gasteiger partial charge in [0.05, 0.1) is 5.02 Å². The first-order valence-electron chi connectivity index (χ1n) is 6.55. The second-order valence-electron chi connectivity index (χ2n) is 4.96. The number of aromatic carboxylic acids is 1. The zero-order valence-electron chi connectivity index (χ0n) is 12.9. The van der Waals surface area contributed by atoms with E-state index < -0.39 is 32.2 Å². The molecule has 9 heteroatoms. The fraction of sp³-hybridized carbons (Fsp3) is 0.133. The molecule has 0 saturated heterocycles. The van der Waals surface area contributed by atoms with Gasteiger partial charge in [0, 0.05) is 11.8 Å². The van der Waals surface area contributed by atoms with Crippen LogP contribution in [0.4, 0.5) is 5.69 Å². The molecule has 130 valence electrons. The lowest BCUT2D eigenvalue weighted by Gasteiger charge is -2.05. The molecule has 0 atom stereocenters. The van der Waals surface area contributed by atoms with Gasteiger partial charge in [-0.05, 0) is 31.0 Å². The molecule has 2 rings (SSSR count). The van der Waals surface area contributed by atoms with Crippen molar-refractivity contribution in [2.45, 2.75) is 18.7 Å². The predicted molar refractivity (Wildman–Crippen MR) is 91.8 cm³/mol.